The van der Waals surface area contributed by atoms with Crippen molar-refractivity contribution in [3.63, 3.8) is 0 Å². The quantitative estimate of drug-likeness (QED) is 0.313. The number of benzene rings is 1. The summed E-state index contributed by atoms with van der Waals surface area (Å²) in [6, 6.07) is 6.43. The molecule has 0 spiro atoms. The van der Waals surface area contributed by atoms with Crippen LogP contribution in [0.2, 0.25) is 0 Å². The molecule has 1 aromatic carbocycles. The molecule has 1 aliphatic rings. The number of hydrogen-bond acceptors (Lipinski definition) is 5. The summed E-state index contributed by atoms with van der Waals surface area (Å²) in [5.41, 5.74) is 3.53. The van der Waals surface area contributed by atoms with Gasteiger partial charge in [0.25, 0.3) is 0 Å². The monoisotopic (exact) mass is 478 g/mol. The largest absolute Gasteiger partial charge is 0.378 e. The maximum Gasteiger partial charge on any atom is 0.184 e. The molecule has 1 unspecified atom stereocenters. The molecule has 0 N–H and O–H groups in total. The highest BCUT2D eigenvalue weighted by Gasteiger charge is 2.45. The van der Waals surface area contributed by atoms with Crippen molar-refractivity contribution in [2.24, 2.45) is 11.8 Å². The number of rotatable bonds is 13. The van der Waals surface area contributed by atoms with E-state index in [1.165, 1.54) is 11.1 Å². The molecule has 0 aromatic heterocycles. The molecule has 0 saturated carbocycles. The van der Waals surface area contributed by atoms with Crippen LogP contribution in [0.4, 0.5) is 0 Å². The van der Waals surface area contributed by atoms with E-state index in [2.05, 4.69) is 87.4 Å². The first kappa shape index (κ1) is 29.3. The second-order valence-electron chi connectivity index (χ2n) is 11.1. The van der Waals surface area contributed by atoms with E-state index in [0.29, 0.717) is 19.1 Å². The van der Waals surface area contributed by atoms with Crippen LogP contribution in [0.25, 0.3) is 0 Å². The fraction of sp³-hybridized carbons (Fsp3) is 0.793. The van der Waals surface area contributed by atoms with Gasteiger partial charge in [0.2, 0.25) is 0 Å². The maximum absolute atomic E-state index is 6.76. The van der Waals surface area contributed by atoms with Crippen LogP contribution in [0.1, 0.15) is 91.2 Å². The Morgan fingerprint density at radius 3 is 2.03 bits per heavy atom. The second-order valence-corrected chi connectivity index (χ2v) is 11.1. The van der Waals surface area contributed by atoms with Crippen molar-refractivity contribution >= 4 is 0 Å². The molecule has 1 aliphatic heterocycles. The van der Waals surface area contributed by atoms with E-state index in [0.717, 1.165) is 18.4 Å². The van der Waals surface area contributed by atoms with Crippen molar-refractivity contribution in [3.8, 4) is 0 Å². The fourth-order valence-electron chi connectivity index (χ4n) is 4.25. The van der Waals surface area contributed by atoms with Crippen molar-refractivity contribution in [1.82, 2.24) is 0 Å². The maximum atomic E-state index is 6.76. The van der Waals surface area contributed by atoms with E-state index in [1.807, 2.05) is 0 Å². The Morgan fingerprint density at radius 1 is 0.794 bits per heavy atom. The summed E-state index contributed by atoms with van der Waals surface area (Å²) in [6.07, 6.45) is 1.40. The van der Waals surface area contributed by atoms with Gasteiger partial charge in [0.15, 0.2) is 6.29 Å². The third-order valence-corrected chi connectivity index (χ3v) is 6.32. The van der Waals surface area contributed by atoms with Gasteiger partial charge in [-0.15, -0.1) is 0 Å². The molecule has 1 aromatic rings. The zero-order chi connectivity index (χ0) is 25.4. The molecule has 5 nitrogen and oxygen atoms in total. The Kier molecular flexibility index (Phi) is 12.0. The van der Waals surface area contributed by atoms with Crippen molar-refractivity contribution in [2.45, 2.75) is 125 Å². The molecule has 0 amide bonds. The lowest BCUT2D eigenvalue weighted by Crippen LogP contribution is -2.55. The lowest BCUT2D eigenvalue weighted by Gasteiger charge is -2.45. The van der Waals surface area contributed by atoms with E-state index >= 15 is 0 Å². The van der Waals surface area contributed by atoms with Crippen LogP contribution < -0.4 is 0 Å². The molecule has 1 heterocycles. The van der Waals surface area contributed by atoms with E-state index in [9.17, 15) is 0 Å². The van der Waals surface area contributed by atoms with Gasteiger partial charge in [-0.2, -0.15) is 0 Å². The normalized spacial score (nSPS) is 24.5. The molecule has 5 atom stereocenters. The van der Waals surface area contributed by atoms with Gasteiger partial charge in [-0.05, 0) is 78.9 Å². The van der Waals surface area contributed by atoms with Crippen molar-refractivity contribution in [1.29, 1.82) is 0 Å². The molecule has 2 rings (SSSR count). The Balaban J connectivity index is 2.42. The molecule has 34 heavy (non-hydrogen) atoms. The first-order valence-electron chi connectivity index (χ1n) is 13.2. The SMILES string of the molecule is Cc1ccc(C2O[C@H]([C@H](CCC(C)C)COC(C)C)[C@H](OC(C)C)[C@H](COC(C)C)O2)cc1C. The summed E-state index contributed by atoms with van der Waals surface area (Å²) >= 11 is 0. The van der Waals surface area contributed by atoms with Gasteiger partial charge < -0.3 is 23.7 Å². The zero-order valence-electron chi connectivity index (χ0n) is 23.3. The van der Waals surface area contributed by atoms with Crippen LogP contribution in [-0.4, -0.2) is 49.8 Å². The summed E-state index contributed by atoms with van der Waals surface area (Å²) in [5.74, 6) is 0.814. The minimum absolute atomic E-state index is 0.0520. The summed E-state index contributed by atoms with van der Waals surface area (Å²) < 4.78 is 32.0. The zero-order valence-corrected chi connectivity index (χ0v) is 23.3. The predicted octanol–water partition coefficient (Wildman–Crippen LogP) is 6.78. The van der Waals surface area contributed by atoms with Crippen molar-refractivity contribution < 1.29 is 23.7 Å². The van der Waals surface area contributed by atoms with Gasteiger partial charge in [-0.3, -0.25) is 0 Å². The van der Waals surface area contributed by atoms with Gasteiger partial charge in [-0.1, -0.05) is 38.5 Å². The van der Waals surface area contributed by atoms with E-state index < -0.39 is 6.29 Å². The van der Waals surface area contributed by atoms with Crippen LogP contribution in [0.5, 0.6) is 0 Å². The Labute approximate surface area is 208 Å². The van der Waals surface area contributed by atoms with Gasteiger partial charge in [0.1, 0.15) is 12.2 Å². The first-order valence-corrected chi connectivity index (χ1v) is 13.2. The summed E-state index contributed by atoms with van der Waals surface area (Å²) in [5, 5.41) is 0. The Morgan fingerprint density at radius 2 is 1.47 bits per heavy atom. The van der Waals surface area contributed by atoms with Crippen LogP contribution in [0, 0.1) is 25.7 Å². The molecule has 5 heteroatoms. The predicted molar refractivity (Wildman–Crippen MR) is 138 cm³/mol. The summed E-state index contributed by atoms with van der Waals surface area (Å²) in [7, 11) is 0. The average molecular weight is 479 g/mol. The Bertz CT molecular complexity index is 702. The molecular formula is C29H50O5. The third-order valence-electron chi connectivity index (χ3n) is 6.32. The molecule has 0 bridgehead atoms. The van der Waals surface area contributed by atoms with Crippen molar-refractivity contribution in [2.75, 3.05) is 13.2 Å². The number of hydrogen-bond donors (Lipinski definition) is 0. The van der Waals surface area contributed by atoms with E-state index in [4.69, 9.17) is 23.7 Å². The smallest absolute Gasteiger partial charge is 0.184 e. The average Bonchev–Trinajstić information content (AvgIpc) is 2.74. The highest BCUT2D eigenvalue weighted by atomic mass is 16.7. The minimum Gasteiger partial charge on any atom is -0.378 e. The van der Waals surface area contributed by atoms with E-state index in [-0.39, 0.29) is 42.5 Å². The van der Waals surface area contributed by atoms with E-state index in [1.54, 1.807) is 0 Å². The standard InChI is InChI=1S/C29H50O5/c1-18(2)11-13-25(16-30-19(3)4)27-28(32-21(7)8)26(17-31-20(5)6)33-29(34-27)24-14-12-22(9)23(10)15-24/h12,14-15,18-21,25-29H,11,13,16-17H2,1-10H3/t25-,26+,27-,28-,29?/m1/s1. The molecule has 0 radical (unpaired) electrons. The number of aryl methyl sites for hydroxylation is 2. The molecule has 1 saturated heterocycles. The topological polar surface area (TPSA) is 46.2 Å². The van der Waals surface area contributed by atoms with Crippen LogP contribution in [-0.2, 0) is 23.7 Å². The highest BCUT2D eigenvalue weighted by Crippen LogP contribution is 2.38. The highest BCUT2D eigenvalue weighted by molar-refractivity contribution is 5.30. The number of ether oxygens (including phenoxy) is 5. The minimum atomic E-state index is -0.460. The lowest BCUT2D eigenvalue weighted by atomic mass is 9.88. The van der Waals surface area contributed by atoms with Gasteiger partial charge >= 0.3 is 0 Å². The second kappa shape index (κ2) is 13.9. The third kappa shape index (κ3) is 9.23. The van der Waals surface area contributed by atoms with Crippen LogP contribution in [0.15, 0.2) is 18.2 Å². The van der Waals surface area contributed by atoms with Crippen molar-refractivity contribution in [3.05, 3.63) is 34.9 Å². The fourth-order valence-corrected chi connectivity index (χ4v) is 4.25. The van der Waals surface area contributed by atoms with Gasteiger partial charge in [0, 0.05) is 11.5 Å². The summed E-state index contributed by atoms with van der Waals surface area (Å²) in [6.45, 7) is 22.3. The van der Waals surface area contributed by atoms with Crippen LogP contribution in [0.3, 0.4) is 0 Å². The van der Waals surface area contributed by atoms with Crippen LogP contribution >= 0.6 is 0 Å². The first-order chi connectivity index (χ1) is 16.0. The molecule has 1 fully saturated rings. The van der Waals surface area contributed by atoms with Gasteiger partial charge in [-0.25, -0.2) is 0 Å². The summed E-state index contributed by atoms with van der Waals surface area (Å²) in [4.78, 5) is 0. The molecular weight excluding hydrogens is 428 g/mol. The molecule has 0 aliphatic carbocycles. The van der Waals surface area contributed by atoms with Gasteiger partial charge in [0.05, 0.1) is 37.6 Å². The lowest BCUT2D eigenvalue weighted by molar-refractivity contribution is -0.321. The Hall–Kier alpha value is -0.980. The molecule has 196 valence electrons.